The molecule has 2 rings (SSSR count). The van der Waals surface area contributed by atoms with Crippen LogP contribution < -0.4 is 5.73 Å². The van der Waals surface area contributed by atoms with E-state index in [9.17, 15) is 4.39 Å². The monoisotopic (exact) mass is 237 g/mol. The van der Waals surface area contributed by atoms with E-state index in [0.29, 0.717) is 19.1 Å². The smallest absolute Gasteiger partial charge is 0.123 e. The van der Waals surface area contributed by atoms with Gasteiger partial charge in [0.05, 0.1) is 6.61 Å². The fourth-order valence-corrected chi connectivity index (χ4v) is 1.85. The molecule has 1 unspecified atom stereocenters. The molecule has 0 aromatic heterocycles. The highest BCUT2D eigenvalue weighted by atomic mass is 19.1. The van der Waals surface area contributed by atoms with Crippen LogP contribution in [0.2, 0.25) is 0 Å². The number of rotatable bonds is 7. The SMILES string of the molecule is NCC(COCC1CC1)Cc1ccc(F)cc1. The summed E-state index contributed by atoms with van der Waals surface area (Å²) in [5, 5.41) is 0. The lowest BCUT2D eigenvalue weighted by Crippen LogP contribution is -2.22. The minimum absolute atomic E-state index is 0.192. The van der Waals surface area contributed by atoms with Crippen LogP contribution in [0, 0.1) is 17.7 Å². The van der Waals surface area contributed by atoms with Gasteiger partial charge >= 0.3 is 0 Å². The molecule has 2 N–H and O–H groups in total. The van der Waals surface area contributed by atoms with E-state index in [2.05, 4.69) is 0 Å². The predicted octanol–water partition coefficient (Wildman–Crippen LogP) is 2.37. The Labute approximate surface area is 102 Å². The average molecular weight is 237 g/mol. The number of nitrogens with two attached hydrogens (primary N) is 1. The van der Waals surface area contributed by atoms with Crippen molar-refractivity contribution in [3.05, 3.63) is 35.6 Å². The van der Waals surface area contributed by atoms with Gasteiger partial charge in [0.15, 0.2) is 0 Å². The molecular formula is C14H20FNO. The summed E-state index contributed by atoms with van der Waals surface area (Å²) in [7, 11) is 0. The van der Waals surface area contributed by atoms with Gasteiger partial charge in [-0.25, -0.2) is 4.39 Å². The number of halogens is 1. The van der Waals surface area contributed by atoms with Crippen molar-refractivity contribution in [3.8, 4) is 0 Å². The summed E-state index contributed by atoms with van der Waals surface area (Å²) >= 11 is 0. The van der Waals surface area contributed by atoms with E-state index >= 15 is 0 Å². The fraction of sp³-hybridized carbons (Fsp3) is 0.571. The third-order valence-electron chi connectivity index (χ3n) is 3.17. The van der Waals surface area contributed by atoms with Crippen molar-refractivity contribution < 1.29 is 9.13 Å². The van der Waals surface area contributed by atoms with Crippen molar-refractivity contribution in [1.29, 1.82) is 0 Å². The minimum atomic E-state index is -0.192. The van der Waals surface area contributed by atoms with Crippen LogP contribution in [-0.2, 0) is 11.2 Å². The van der Waals surface area contributed by atoms with Crippen molar-refractivity contribution in [1.82, 2.24) is 0 Å². The largest absolute Gasteiger partial charge is 0.381 e. The Bertz CT molecular complexity index is 335. The van der Waals surface area contributed by atoms with Gasteiger partial charge in [-0.3, -0.25) is 0 Å². The minimum Gasteiger partial charge on any atom is -0.381 e. The maximum Gasteiger partial charge on any atom is 0.123 e. The molecule has 1 aromatic carbocycles. The Morgan fingerprint density at radius 1 is 1.29 bits per heavy atom. The topological polar surface area (TPSA) is 35.2 Å². The molecule has 2 nitrogen and oxygen atoms in total. The molecular weight excluding hydrogens is 217 g/mol. The number of hydrogen-bond acceptors (Lipinski definition) is 2. The lowest BCUT2D eigenvalue weighted by molar-refractivity contribution is 0.0934. The van der Waals surface area contributed by atoms with E-state index < -0.39 is 0 Å². The van der Waals surface area contributed by atoms with E-state index in [0.717, 1.165) is 24.5 Å². The van der Waals surface area contributed by atoms with Gasteiger partial charge in [0.25, 0.3) is 0 Å². The molecule has 1 aliphatic carbocycles. The highest BCUT2D eigenvalue weighted by Crippen LogP contribution is 2.28. The van der Waals surface area contributed by atoms with Gasteiger partial charge in [0.1, 0.15) is 5.82 Å². The van der Waals surface area contributed by atoms with Gasteiger partial charge in [-0.15, -0.1) is 0 Å². The molecule has 17 heavy (non-hydrogen) atoms. The first kappa shape index (κ1) is 12.5. The highest BCUT2D eigenvalue weighted by molar-refractivity contribution is 5.16. The lowest BCUT2D eigenvalue weighted by Gasteiger charge is -2.15. The number of benzene rings is 1. The molecule has 1 saturated carbocycles. The first-order valence-electron chi connectivity index (χ1n) is 6.30. The van der Waals surface area contributed by atoms with Gasteiger partial charge in [-0.05, 0) is 55.3 Å². The third kappa shape index (κ3) is 4.44. The Balaban J connectivity index is 1.74. The van der Waals surface area contributed by atoms with Crippen LogP contribution in [0.1, 0.15) is 18.4 Å². The molecule has 0 saturated heterocycles. The van der Waals surface area contributed by atoms with Gasteiger partial charge in [0.2, 0.25) is 0 Å². The standard InChI is InChI=1S/C14H20FNO/c15-14-5-3-11(4-6-14)7-13(8-16)10-17-9-12-1-2-12/h3-6,12-13H,1-2,7-10,16H2. The first-order valence-corrected chi connectivity index (χ1v) is 6.30. The molecule has 1 aromatic rings. The Morgan fingerprint density at radius 3 is 2.59 bits per heavy atom. The van der Waals surface area contributed by atoms with E-state index in [4.69, 9.17) is 10.5 Å². The van der Waals surface area contributed by atoms with Crippen molar-refractivity contribution in [3.63, 3.8) is 0 Å². The first-order chi connectivity index (χ1) is 8.28. The van der Waals surface area contributed by atoms with Crippen LogP contribution >= 0.6 is 0 Å². The van der Waals surface area contributed by atoms with E-state index in [1.807, 2.05) is 12.1 Å². The molecule has 0 radical (unpaired) electrons. The zero-order valence-electron chi connectivity index (χ0n) is 10.1. The summed E-state index contributed by atoms with van der Waals surface area (Å²) < 4.78 is 18.4. The Kier molecular flexibility index (Phi) is 4.51. The van der Waals surface area contributed by atoms with Crippen molar-refractivity contribution in [2.24, 2.45) is 17.6 Å². The van der Waals surface area contributed by atoms with Gasteiger partial charge in [-0.1, -0.05) is 12.1 Å². The third-order valence-corrected chi connectivity index (χ3v) is 3.17. The Morgan fingerprint density at radius 2 is 2.00 bits per heavy atom. The van der Waals surface area contributed by atoms with Crippen LogP contribution in [0.15, 0.2) is 24.3 Å². The average Bonchev–Trinajstić information content (AvgIpc) is 3.14. The quantitative estimate of drug-likeness (QED) is 0.790. The zero-order valence-corrected chi connectivity index (χ0v) is 10.1. The second-order valence-electron chi connectivity index (χ2n) is 4.91. The Hall–Kier alpha value is -0.930. The number of ether oxygens (including phenoxy) is 1. The molecule has 0 aliphatic heterocycles. The van der Waals surface area contributed by atoms with Gasteiger partial charge in [0, 0.05) is 6.61 Å². The molecule has 1 aliphatic rings. The molecule has 0 spiro atoms. The predicted molar refractivity (Wildman–Crippen MR) is 66.2 cm³/mol. The zero-order chi connectivity index (χ0) is 12.1. The maximum absolute atomic E-state index is 12.8. The lowest BCUT2D eigenvalue weighted by atomic mass is 10.0. The highest BCUT2D eigenvalue weighted by Gasteiger charge is 2.21. The van der Waals surface area contributed by atoms with E-state index in [1.165, 1.54) is 25.0 Å². The fourth-order valence-electron chi connectivity index (χ4n) is 1.85. The maximum atomic E-state index is 12.8. The van der Waals surface area contributed by atoms with E-state index in [1.54, 1.807) is 0 Å². The van der Waals surface area contributed by atoms with Crippen molar-refractivity contribution in [2.45, 2.75) is 19.3 Å². The van der Waals surface area contributed by atoms with Gasteiger partial charge < -0.3 is 10.5 Å². The summed E-state index contributed by atoms with van der Waals surface area (Å²) in [5.41, 5.74) is 6.85. The molecule has 0 heterocycles. The molecule has 1 atom stereocenters. The summed E-state index contributed by atoms with van der Waals surface area (Å²) in [6, 6.07) is 6.62. The number of hydrogen-bond donors (Lipinski definition) is 1. The normalized spacial score (nSPS) is 17.1. The summed E-state index contributed by atoms with van der Waals surface area (Å²) in [4.78, 5) is 0. The van der Waals surface area contributed by atoms with Crippen molar-refractivity contribution >= 4 is 0 Å². The van der Waals surface area contributed by atoms with Crippen LogP contribution in [0.5, 0.6) is 0 Å². The molecule has 94 valence electrons. The summed E-state index contributed by atoms with van der Waals surface area (Å²) in [5.74, 6) is 0.932. The molecule has 0 bridgehead atoms. The molecule has 1 fully saturated rings. The second-order valence-corrected chi connectivity index (χ2v) is 4.91. The van der Waals surface area contributed by atoms with E-state index in [-0.39, 0.29) is 5.82 Å². The van der Waals surface area contributed by atoms with Crippen LogP contribution in [0.25, 0.3) is 0 Å². The molecule has 3 heteroatoms. The van der Waals surface area contributed by atoms with Crippen LogP contribution in [0.3, 0.4) is 0 Å². The van der Waals surface area contributed by atoms with Gasteiger partial charge in [-0.2, -0.15) is 0 Å². The molecule has 0 amide bonds. The van der Waals surface area contributed by atoms with Crippen molar-refractivity contribution in [2.75, 3.05) is 19.8 Å². The summed E-state index contributed by atoms with van der Waals surface area (Å²) in [6.07, 6.45) is 3.48. The van der Waals surface area contributed by atoms with Crippen LogP contribution in [-0.4, -0.2) is 19.8 Å². The van der Waals surface area contributed by atoms with Crippen LogP contribution in [0.4, 0.5) is 4.39 Å². The summed E-state index contributed by atoms with van der Waals surface area (Å²) in [6.45, 7) is 2.20. The second kappa shape index (κ2) is 6.12.